The SMILES string of the molecule is C1=C2CCO[C@H]3CCN4c5ccccc5[C@]56CCN1[C@@H]5C[C@@H]2[C@@H]3[C@H]46. The summed E-state index contributed by atoms with van der Waals surface area (Å²) in [5, 5.41) is 0. The third kappa shape index (κ3) is 1.21. The van der Waals surface area contributed by atoms with Crippen LogP contribution in [0.25, 0.3) is 0 Å². The number of para-hydroxylation sites is 1. The van der Waals surface area contributed by atoms with Crippen LogP contribution in [0.2, 0.25) is 0 Å². The second kappa shape index (κ2) is 4.01. The van der Waals surface area contributed by atoms with Gasteiger partial charge in [-0.25, -0.2) is 0 Å². The van der Waals surface area contributed by atoms with Gasteiger partial charge in [-0.05, 0) is 55.0 Å². The van der Waals surface area contributed by atoms with Crippen molar-refractivity contribution < 1.29 is 4.74 Å². The number of rotatable bonds is 0. The highest BCUT2D eigenvalue weighted by Gasteiger charge is 2.69. The average molecular weight is 320 g/mol. The fraction of sp³-hybridized carbons (Fsp3) is 0.619. The molecule has 1 saturated carbocycles. The second-order valence-corrected chi connectivity index (χ2v) is 8.77. The molecule has 0 N–H and O–H groups in total. The molecule has 4 fully saturated rings. The Hall–Kier alpha value is -1.48. The van der Waals surface area contributed by atoms with Crippen molar-refractivity contribution in [2.45, 2.75) is 49.3 Å². The summed E-state index contributed by atoms with van der Waals surface area (Å²) in [4.78, 5) is 5.52. The van der Waals surface area contributed by atoms with Crippen LogP contribution in [0.15, 0.2) is 36.0 Å². The van der Waals surface area contributed by atoms with Gasteiger partial charge in [0.05, 0.1) is 12.7 Å². The molecule has 1 aliphatic carbocycles. The van der Waals surface area contributed by atoms with Gasteiger partial charge >= 0.3 is 0 Å². The number of piperidine rings is 1. The maximum Gasteiger partial charge on any atom is 0.0646 e. The summed E-state index contributed by atoms with van der Waals surface area (Å²) in [5.41, 5.74) is 5.25. The Balaban J connectivity index is 1.54. The molecule has 0 aromatic heterocycles. The van der Waals surface area contributed by atoms with E-state index in [9.17, 15) is 0 Å². The number of nitrogens with zero attached hydrogens (tertiary/aromatic N) is 2. The van der Waals surface area contributed by atoms with Crippen LogP contribution in [-0.4, -0.2) is 42.8 Å². The average Bonchev–Trinajstić information content (AvgIpc) is 3.08. The monoisotopic (exact) mass is 320 g/mol. The van der Waals surface area contributed by atoms with Gasteiger partial charge in [0, 0.05) is 42.2 Å². The molecular weight excluding hydrogens is 296 g/mol. The van der Waals surface area contributed by atoms with E-state index in [1.807, 2.05) is 0 Å². The van der Waals surface area contributed by atoms with Crippen molar-refractivity contribution in [3.05, 3.63) is 41.6 Å². The lowest BCUT2D eigenvalue weighted by Crippen LogP contribution is -2.66. The first-order valence-corrected chi connectivity index (χ1v) is 9.82. The molecule has 3 heteroatoms. The summed E-state index contributed by atoms with van der Waals surface area (Å²) < 4.78 is 6.44. The number of fused-ring (bicyclic) bond motifs is 2. The van der Waals surface area contributed by atoms with Crippen molar-refractivity contribution in [3.63, 3.8) is 0 Å². The fourth-order valence-corrected chi connectivity index (χ4v) is 7.63. The van der Waals surface area contributed by atoms with E-state index in [4.69, 9.17) is 4.74 Å². The molecular formula is C21H24N2O. The van der Waals surface area contributed by atoms with Gasteiger partial charge in [0.15, 0.2) is 0 Å². The molecule has 1 spiro atoms. The highest BCUT2D eigenvalue weighted by atomic mass is 16.5. The summed E-state index contributed by atoms with van der Waals surface area (Å²) >= 11 is 0. The van der Waals surface area contributed by atoms with Crippen LogP contribution in [0.5, 0.6) is 0 Å². The second-order valence-electron chi connectivity index (χ2n) is 8.77. The Morgan fingerprint density at radius 1 is 1.17 bits per heavy atom. The Kier molecular flexibility index (Phi) is 2.14. The lowest BCUT2D eigenvalue weighted by molar-refractivity contribution is -0.0489. The molecule has 0 amide bonds. The normalized spacial score (nSPS) is 46.5. The topological polar surface area (TPSA) is 15.7 Å². The zero-order valence-corrected chi connectivity index (χ0v) is 14.0. The molecule has 0 radical (unpaired) electrons. The van der Waals surface area contributed by atoms with E-state index in [-0.39, 0.29) is 0 Å². The van der Waals surface area contributed by atoms with Gasteiger partial charge in [-0.2, -0.15) is 0 Å². The molecule has 3 saturated heterocycles. The van der Waals surface area contributed by atoms with Gasteiger partial charge in [0.1, 0.15) is 0 Å². The largest absolute Gasteiger partial charge is 0.377 e. The fourth-order valence-electron chi connectivity index (χ4n) is 7.63. The van der Waals surface area contributed by atoms with E-state index in [0.29, 0.717) is 23.5 Å². The van der Waals surface area contributed by atoms with Gasteiger partial charge in [0.2, 0.25) is 0 Å². The molecule has 0 unspecified atom stereocenters. The number of ether oxygens (including phenoxy) is 1. The minimum atomic E-state index is 0.353. The number of hydrogen-bond acceptors (Lipinski definition) is 3. The van der Waals surface area contributed by atoms with E-state index in [2.05, 4.69) is 40.3 Å². The van der Waals surface area contributed by atoms with Crippen molar-refractivity contribution in [1.82, 2.24) is 4.90 Å². The third-order valence-electron chi connectivity index (χ3n) is 8.28. The minimum absolute atomic E-state index is 0.353. The first kappa shape index (κ1) is 12.8. The van der Waals surface area contributed by atoms with Crippen LogP contribution < -0.4 is 4.90 Å². The molecule has 5 aliphatic heterocycles. The maximum absolute atomic E-state index is 6.44. The maximum atomic E-state index is 6.44. The molecule has 124 valence electrons. The van der Waals surface area contributed by atoms with Gasteiger partial charge in [0.25, 0.3) is 0 Å². The predicted molar refractivity (Wildman–Crippen MR) is 93.0 cm³/mol. The van der Waals surface area contributed by atoms with Gasteiger partial charge in [-0.1, -0.05) is 18.2 Å². The molecule has 1 aromatic carbocycles. The lowest BCUT2D eigenvalue weighted by atomic mass is 9.54. The highest BCUT2D eigenvalue weighted by Crippen LogP contribution is 2.65. The third-order valence-corrected chi connectivity index (χ3v) is 8.28. The van der Waals surface area contributed by atoms with Gasteiger partial charge in [-0.15, -0.1) is 0 Å². The van der Waals surface area contributed by atoms with Crippen molar-refractivity contribution in [2.24, 2.45) is 11.8 Å². The Morgan fingerprint density at radius 3 is 3.12 bits per heavy atom. The Labute approximate surface area is 143 Å². The highest BCUT2D eigenvalue weighted by molar-refractivity contribution is 5.67. The van der Waals surface area contributed by atoms with E-state index in [0.717, 1.165) is 25.0 Å². The first-order chi connectivity index (χ1) is 11.9. The summed E-state index contributed by atoms with van der Waals surface area (Å²) in [6.07, 6.45) is 8.12. The van der Waals surface area contributed by atoms with Gasteiger partial charge < -0.3 is 14.5 Å². The number of hydrogen-bond donors (Lipinski definition) is 0. The van der Waals surface area contributed by atoms with Crippen LogP contribution in [-0.2, 0) is 10.2 Å². The summed E-state index contributed by atoms with van der Waals surface area (Å²) in [6, 6.07) is 10.7. The number of anilines is 1. The van der Waals surface area contributed by atoms with E-state index in [1.165, 1.54) is 32.4 Å². The number of benzene rings is 1. The van der Waals surface area contributed by atoms with E-state index >= 15 is 0 Å². The van der Waals surface area contributed by atoms with Crippen molar-refractivity contribution in [2.75, 3.05) is 24.6 Å². The van der Waals surface area contributed by atoms with E-state index in [1.54, 1.807) is 16.8 Å². The molecule has 7 rings (SSSR count). The Morgan fingerprint density at radius 2 is 2.12 bits per heavy atom. The quantitative estimate of drug-likeness (QED) is 0.731. The van der Waals surface area contributed by atoms with Crippen LogP contribution in [0, 0.1) is 11.8 Å². The smallest absolute Gasteiger partial charge is 0.0646 e. The van der Waals surface area contributed by atoms with Crippen molar-refractivity contribution >= 4 is 5.69 Å². The van der Waals surface area contributed by atoms with Crippen LogP contribution >= 0.6 is 0 Å². The first-order valence-electron chi connectivity index (χ1n) is 9.82. The molecule has 6 atom stereocenters. The Bertz CT molecular complexity index is 773. The van der Waals surface area contributed by atoms with Crippen LogP contribution in [0.4, 0.5) is 5.69 Å². The van der Waals surface area contributed by atoms with Crippen LogP contribution in [0.1, 0.15) is 31.2 Å². The molecule has 6 aliphatic rings. The molecule has 3 nitrogen and oxygen atoms in total. The van der Waals surface area contributed by atoms with Crippen LogP contribution in [0.3, 0.4) is 0 Å². The molecule has 1 aromatic rings. The zero-order valence-electron chi connectivity index (χ0n) is 14.0. The molecule has 2 bridgehead atoms. The lowest BCUT2D eigenvalue weighted by Gasteiger charge is -2.58. The minimum Gasteiger partial charge on any atom is -0.377 e. The summed E-state index contributed by atoms with van der Waals surface area (Å²) in [6.45, 7) is 3.37. The zero-order chi connectivity index (χ0) is 15.5. The summed E-state index contributed by atoms with van der Waals surface area (Å²) in [7, 11) is 0. The molecule has 5 heterocycles. The predicted octanol–water partition coefficient (Wildman–Crippen LogP) is 2.91. The van der Waals surface area contributed by atoms with Crippen molar-refractivity contribution in [1.29, 1.82) is 0 Å². The van der Waals surface area contributed by atoms with E-state index < -0.39 is 0 Å². The van der Waals surface area contributed by atoms with Gasteiger partial charge in [-0.3, -0.25) is 0 Å². The standard InChI is InChI=1S/C21H24N2O/c1-2-4-16-15(3-1)21-7-9-22-12-13-6-10-24-17-5-8-23(16)20(21)19(17)14(13)11-18(21)22/h1-4,12,14,17-20H,5-11H2/t14-,17-,18+,19-,20-,21+/m0/s1. The molecule has 24 heavy (non-hydrogen) atoms. The van der Waals surface area contributed by atoms with Crippen molar-refractivity contribution in [3.8, 4) is 0 Å². The summed E-state index contributed by atoms with van der Waals surface area (Å²) in [5.74, 6) is 1.48.